The van der Waals surface area contributed by atoms with Crippen LogP contribution >= 0.6 is 0 Å². The van der Waals surface area contributed by atoms with Gasteiger partial charge in [-0.25, -0.2) is 4.68 Å². The topological polar surface area (TPSA) is 46.0 Å². The molecule has 1 saturated heterocycles. The van der Waals surface area contributed by atoms with Gasteiger partial charge < -0.3 is 5.32 Å². The van der Waals surface area contributed by atoms with E-state index in [9.17, 15) is 0 Å². The van der Waals surface area contributed by atoms with Crippen molar-refractivity contribution in [3.8, 4) is 0 Å². The fourth-order valence-corrected chi connectivity index (χ4v) is 3.36. The summed E-state index contributed by atoms with van der Waals surface area (Å²) in [6.45, 7) is 13.5. The van der Waals surface area contributed by atoms with E-state index >= 15 is 0 Å². The van der Waals surface area contributed by atoms with Crippen molar-refractivity contribution in [1.29, 1.82) is 0 Å². The Bertz CT molecular complexity index is 420. The predicted molar refractivity (Wildman–Crippen MR) is 86.2 cm³/mol. The maximum absolute atomic E-state index is 4.28. The molecule has 1 unspecified atom stereocenters. The van der Waals surface area contributed by atoms with Gasteiger partial charge in [-0.05, 0) is 59.2 Å². The van der Waals surface area contributed by atoms with Crippen LogP contribution in [0.5, 0.6) is 0 Å². The Morgan fingerprint density at radius 1 is 1.24 bits per heavy atom. The van der Waals surface area contributed by atoms with Crippen LogP contribution in [0.25, 0.3) is 0 Å². The second-order valence-electron chi connectivity index (χ2n) is 6.62. The van der Waals surface area contributed by atoms with E-state index in [0.717, 1.165) is 25.9 Å². The van der Waals surface area contributed by atoms with Gasteiger partial charge in [0, 0.05) is 12.1 Å². The molecule has 5 nitrogen and oxygen atoms in total. The molecule has 0 bridgehead atoms. The summed E-state index contributed by atoms with van der Waals surface area (Å²) in [6.07, 6.45) is 6.80. The molecule has 1 aromatic rings. The molecule has 0 radical (unpaired) electrons. The highest BCUT2D eigenvalue weighted by atomic mass is 15.4. The second kappa shape index (κ2) is 7.36. The largest absolute Gasteiger partial charge is 0.307 e. The first kappa shape index (κ1) is 16.4. The summed E-state index contributed by atoms with van der Waals surface area (Å²) in [6, 6.07) is 0.275. The minimum absolute atomic E-state index is 0.0822. The Morgan fingerprint density at radius 2 is 1.95 bits per heavy atom. The molecule has 0 spiro atoms. The summed E-state index contributed by atoms with van der Waals surface area (Å²) >= 11 is 0. The van der Waals surface area contributed by atoms with Gasteiger partial charge in [-0.3, -0.25) is 4.90 Å². The van der Waals surface area contributed by atoms with Gasteiger partial charge in [0.15, 0.2) is 0 Å². The first-order valence-corrected chi connectivity index (χ1v) is 8.48. The zero-order valence-corrected chi connectivity index (χ0v) is 14.1. The van der Waals surface area contributed by atoms with Crippen LogP contribution in [-0.4, -0.2) is 45.1 Å². The van der Waals surface area contributed by atoms with Gasteiger partial charge >= 0.3 is 0 Å². The van der Waals surface area contributed by atoms with Crippen molar-refractivity contribution < 1.29 is 0 Å². The monoisotopic (exact) mass is 293 g/mol. The number of nitrogens with zero attached hydrogens (tertiary/aromatic N) is 4. The molecule has 5 heteroatoms. The average molecular weight is 293 g/mol. The van der Waals surface area contributed by atoms with Gasteiger partial charge in [0.1, 0.15) is 0 Å². The molecule has 1 aliphatic rings. The van der Waals surface area contributed by atoms with E-state index in [2.05, 4.69) is 52.9 Å². The second-order valence-corrected chi connectivity index (χ2v) is 6.62. The van der Waals surface area contributed by atoms with Crippen LogP contribution < -0.4 is 5.32 Å². The van der Waals surface area contributed by atoms with E-state index in [-0.39, 0.29) is 11.6 Å². The lowest BCUT2D eigenvalue weighted by atomic mass is 9.90. The van der Waals surface area contributed by atoms with Crippen LogP contribution in [0.3, 0.4) is 0 Å². The zero-order valence-electron chi connectivity index (χ0n) is 14.1. The van der Waals surface area contributed by atoms with E-state index in [1.54, 1.807) is 0 Å². The molecule has 1 fully saturated rings. The minimum atomic E-state index is 0.0822. The maximum atomic E-state index is 4.28. The third kappa shape index (κ3) is 3.64. The summed E-state index contributed by atoms with van der Waals surface area (Å²) in [4.78, 5) is 2.61. The van der Waals surface area contributed by atoms with Gasteiger partial charge in [-0.1, -0.05) is 19.1 Å². The highest BCUT2D eigenvalue weighted by molar-refractivity contribution is 5.11. The number of likely N-dealkylation sites (tertiary alicyclic amines) is 1. The van der Waals surface area contributed by atoms with Crippen molar-refractivity contribution in [2.75, 3.05) is 19.6 Å². The highest BCUT2D eigenvalue weighted by Gasteiger charge is 2.39. The Hall–Kier alpha value is -0.940. The summed E-state index contributed by atoms with van der Waals surface area (Å²) in [5, 5.41) is 12.2. The predicted octanol–water partition coefficient (Wildman–Crippen LogP) is 2.60. The normalized spacial score (nSPS) is 18.3. The smallest absolute Gasteiger partial charge is 0.0775 e. The molecular weight excluding hydrogens is 262 g/mol. The van der Waals surface area contributed by atoms with Gasteiger partial charge in [0.2, 0.25) is 0 Å². The molecule has 1 atom stereocenters. The SMILES string of the molecule is CCCNC(c1cnnn1CCC)C(C)(C)N1CCCC1. The van der Waals surface area contributed by atoms with Gasteiger partial charge in [0.25, 0.3) is 0 Å². The fraction of sp³-hybridized carbons (Fsp3) is 0.875. The average Bonchev–Trinajstić information content (AvgIpc) is 3.11. The lowest BCUT2D eigenvalue weighted by Crippen LogP contribution is -2.52. The van der Waals surface area contributed by atoms with Crippen LogP contribution in [0, 0.1) is 0 Å². The lowest BCUT2D eigenvalue weighted by molar-refractivity contribution is 0.102. The number of hydrogen-bond acceptors (Lipinski definition) is 4. The highest BCUT2D eigenvalue weighted by Crippen LogP contribution is 2.33. The van der Waals surface area contributed by atoms with E-state index in [1.807, 2.05) is 6.20 Å². The molecule has 0 amide bonds. The van der Waals surface area contributed by atoms with Gasteiger partial charge in [0.05, 0.1) is 17.9 Å². The van der Waals surface area contributed by atoms with Crippen LogP contribution in [-0.2, 0) is 6.54 Å². The molecular formula is C16H31N5. The summed E-state index contributed by atoms with van der Waals surface area (Å²) < 4.78 is 2.07. The number of hydrogen-bond donors (Lipinski definition) is 1. The van der Waals surface area contributed by atoms with Crippen LogP contribution in [0.15, 0.2) is 6.20 Å². The molecule has 1 N–H and O–H groups in total. The summed E-state index contributed by atoms with van der Waals surface area (Å²) in [7, 11) is 0. The Kier molecular flexibility index (Phi) is 5.76. The van der Waals surface area contributed by atoms with E-state index < -0.39 is 0 Å². The summed E-state index contributed by atoms with van der Waals surface area (Å²) in [5.74, 6) is 0. The molecule has 1 aromatic heterocycles. The standard InChI is InChI=1S/C16H31N5/c1-5-9-17-15(14-13-18-19-21(14)10-6-2)16(3,4)20-11-7-8-12-20/h13,15,17H,5-12H2,1-4H3. The third-order valence-corrected chi connectivity index (χ3v) is 4.60. The first-order chi connectivity index (χ1) is 10.1. The van der Waals surface area contributed by atoms with E-state index in [1.165, 1.54) is 31.6 Å². The van der Waals surface area contributed by atoms with Crippen molar-refractivity contribution in [2.24, 2.45) is 0 Å². The van der Waals surface area contributed by atoms with Crippen molar-refractivity contribution in [3.05, 3.63) is 11.9 Å². The van der Waals surface area contributed by atoms with Crippen LogP contribution in [0.4, 0.5) is 0 Å². The van der Waals surface area contributed by atoms with Crippen molar-refractivity contribution in [1.82, 2.24) is 25.2 Å². The van der Waals surface area contributed by atoms with Crippen molar-refractivity contribution in [3.63, 3.8) is 0 Å². The Balaban J connectivity index is 2.25. The molecule has 0 saturated carbocycles. The maximum Gasteiger partial charge on any atom is 0.0775 e. The number of aromatic nitrogens is 3. The molecule has 0 aliphatic carbocycles. The quantitative estimate of drug-likeness (QED) is 0.800. The minimum Gasteiger partial charge on any atom is -0.307 e. The Morgan fingerprint density at radius 3 is 2.57 bits per heavy atom. The summed E-state index contributed by atoms with van der Waals surface area (Å²) in [5.41, 5.74) is 1.31. The van der Waals surface area contributed by atoms with E-state index in [0.29, 0.717) is 0 Å². The van der Waals surface area contributed by atoms with Crippen LogP contribution in [0.1, 0.15) is 65.1 Å². The van der Waals surface area contributed by atoms with Gasteiger partial charge in [-0.15, -0.1) is 5.10 Å². The zero-order chi connectivity index (χ0) is 15.3. The Labute approximate surface area is 129 Å². The fourth-order valence-electron chi connectivity index (χ4n) is 3.36. The third-order valence-electron chi connectivity index (χ3n) is 4.60. The molecule has 1 aliphatic heterocycles. The molecule has 120 valence electrons. The number of nitrogens with one attached hydrogen (secondary N) is 1. The number of aryl methyl sites for hydroxylation is 1. The van der Waals surface area contributed by atoms with Crippen molar-refractivity contribution >= 4 is 0 Å². The van der Waals surface area contributed by atoms with E-state index in [4.69, 9.17) is 0 Å². The number of rotatable bonds is 8. The van der Waals surface area contributed by atoms with Crippen LogP contribution in [0.2, 0.25) is 0 Å². The first-order valence-electron chi connectivity index (χ1n) is 8.48. The molecule has 21 heavy (non-hydrogen) atoms. The van der Waals surface area contributed by atoms with Gasteiger partial charge in [-0.2, -0.15) is 0 Å². The van der Waals surface area contributed by atoms with Crippen molar-refractivity contribution in [2.45, 2.75) is 71.5 Å². The molecule has 2 rings (SSSR count). The molecule has 2 heterocycles. The molecule has 0 aromatic carbocycles. The lowest BCUT2D eigenvalue weighted by Gasteiger charge is -2.42.